The van der Waals surface area contributed by atoms with Gasteiger partial charge in [0.05, 0.1) is 25.8 Å². The van der Waals surface area contributed by atoms with Crippen LogP contribution in [-0.4, -0.2) is 54.2 Å². The fourth-order valence-electron chi connectivity index (χ4n) is 4.59. The molecule has 0 aliphatic carbocycles. The highest BCUT2D eigenvalue weighted by molar-refractivity contribution is 6.30. The van der Waals surface area contributed by atoms with Crippen LogP contribution < -0.4 is 15.5 Å². The van der Waals surface area contributed by atoms with Crippen LogP contribution in [0.4, 0.5) is 8.78 Å². The van der Waals surface area contributed by atoms with E-state index >= 15 is 0 Å². The van der Waals surface area contributed by atoms with Crippen molar-refractivity contribution in [2.75, 3.05) is 26.9 Å². The number of amides is 2. The van der Waals surface area contributed by atoms with Gasteiger partial charge in [-0.3, -0.25) is 14.4 Å². The maximum absolute atomic E-state index is 14.2. The normalized spacial score (nSPS) is 19.8. The molecule has 0 spiro atoms. The second-order valence-corrected chi connectivity index (χ2v) is 8.50. The van der Waals surface area contributed by atoms with Crippen molar-refractivity contribution in [2.45, 2.75) is 38.4 Å². The summed E-state index contributed by atoms with van der Waals surface area (Å²) < 4.78 is 40.3. The van der Waals surface area contributed by atoms with Crippen LogP contribution in [0.2, 0.25) is 5.02 Å². The Bertz CT molecular complexity index is 1200. The third-order valence-electron chi connectivity index (χ3n) is 6.28. The standard InChI is InChI=1S/C23H24ClF2N3O5/c1-3-28-16-11-34-8-4-5-15(16)29-10-13(20(30)21(33-2)19(29)23(28)32)22(31)27-9-12-6-7-14(25)17(24)18(12)26/h6-7,10,15-16H,3-5,8-9,11H2,1-2H3,(H,27,31)/t15-,16-/m1/s1. The summed E-state index contributed by atoms with van der Waals surface area (Å²) in [6.45, 7) is 2.84. The van der Waals surface area contributed by atoms with Crippen molar-refractivity contribution < 1.29 is 27.8 Å². The lowest BCUT2D eigenvalue weighted by Crippen LogP contribution is -2.53. The Labute approximate surface area is 199 Å². The zero-order valence-corrected chi connectivity index (χ0v) is 19.5. The number of nitrogens with zero attached hydrogens (tertiary/aromatic N) is 2. The molecule has 0 bridgehead atoms. The van der Waals surface area contributed by atoms with Crippen LogP contribution in [0.1, 0.15) is 52.2 Å². The van der Waals surface area contributed by atoms with Gasteiger partial charge in [0, 0.05) is 31.5 Å². The fourth-order valence-corrected chi connectivity index (χ4v) is 4.78. The third-order valence-corrected chi connectivity index (χ3v) is 6.63. The average molecular weight is 496 g/mol. The Morgan fingerprint density at radius 1 is 1.29 bits per heavy atom. The summed E-state index contributed by atoms with van der Waals surface area (Å²) >= 11 is 5.60. The number of nitrogens with one attached hydrogen (secondary N) is 1. The SMILES string of the molecule is CCN1C(=O)c2c(OC)c(=O)c(C(=O)NCc3ccc(F)c(Cl)c3F)cn2[C@@H]2CCCOC[C@H]21. The monoisotopic (exact) mass is 495 g/mol. The van der Waals surface area contributed by atoms with Gasteiger partial charge in [-0.05, 0) is 25.8 Å². The minimum atomic E-state index is -0.992. The lowest BCUT2D eigenvalue weighted by molar-refractivity contribution is 0.0313. The maximum atomic E-state index is 14.2. The molecule has 8 nitrogen and oxygen atoms in total. The molecular weight excluding hydrogens is 472 g/mol. The number of carbonyl (C=O) groups is 2. The smallest absolute Gasteiger partial charge is 0.274 e. The van der Waals surface area contributed by atoms with Gasteiger partial charge in [-0.2, -0.15) is 0 Å². The van der Waals surface area contributed by atoms with E-state index in [1.807, 2.05) is 6.92 Å². The fraction of sp³-hybridized carbons (Fsp3) is 0.435. The minimum absolute atomic E-state index is 0.0421. The van der Waals surface area contributed by atoms with Crippen molar-refractivity contribution in [2.24, 2.45) is 0 Å². The summed E-state index contributed by atoms with van der Waals surface area (Å²) in [4.78, 5) is 41.0. The highest BCUT2D eigenvalue weighted by atomic mass is 35.5. The Morgan fingerprint density at radius 3 is 2.76 bits per heavy atom. The molecule has 3 heterocycles. The first kappa shape index (κ1) is 24.2. The Balaban J connectivity index is 1.73. The molecule has 11 heteroatoms. The first-order valence-electron chi connectivity index (χ1n) is 10.9. The molecule has 0 radical (unpaired) electrons. The highest BCUT2D eigenvalue weighted by Crippen LogP contribution is 2.35. The van der Waals surface area contributed by atoms with E-state index in [4.69, 9.17) is 21.1 Å². The number of pyridine rings is 1. The summed E-state index contributed by atoms with van der Waals surface area (Å²) in [6.07, 6.45) is 2.78. The number of halogens is 3. The van der Waals surface area contributed by atoms with Gasteiger partial charge in [-0.15, -0.1) is 0 Å². The van der Waals surface area contributed by atoms with Gasteiger partial charge in [-0.25, -0.2) is 8.78 Å². The van der Waals surface area contributed by atoms with Crippen LogP contribution in [0.15, 0.2) is 23.1 Å². The first-order valence-corrected chi connectivity index (χ1v) is 11.3. The van der Waals surface area contributed by atoms with Crippen LogP contribution in [0.25, 0.3) is 0 Å². The number of ether oxygens (including phenoxy) is 2. The highest BCUT2D eigenvalue weighted by Gasteiger charge is 2.42. The molecule has 4 rings (SSSR count). The molecule has 1 saturated heterocycles. The quantitative estimate of drug-likeness (QED) is 0.644. The predicted molar refractivity (Wildman–Crippen MR) is 119 cm³/mol. The molecule has 1 aromatic carbocycles. The zero-order valence-electron chi connectivity index (χ0n) is 18.7. The third kappa shape index (κ3) is 4.05. The summed E-state index contributed by atoms with van der Waals surface area (Å²) in [5, 5.41) is 1.79. The van der Waals surface area contributed by atoms with E-state index in [0.29, 0.717) is 26.2 Å². The molecule has 1 aromatic heterocycles. The molecule has 34 heavy (non-hydrogen) atoms. The number of hydrogen-bond acceptors (Lipinski definition) is 5. The van der Waals surface area contributed by atoms with Gasteiger partial charge in [0.1, 0.15) is 22.2 Å². The van der Waals surface area contributed by atoms with Crippen molar-refractivity contribution in [3.05, 3.63) is 62.0 Å². The van der Waals surface area contributed by atoms with Crippen LogP contribution >= 0.6 is 11.6 Å². The van der Waals surface area contributed by atoms with E-state index in [9.17, 15) is 23.2 Å². The lowest BCUT2D eigenvalue weighted by atomic mass is 9.96. The number of likely N-dealkylation sites (N-methyl/N-ethyl adjacent to an activating group) is 1. The molecule has 2 aromatic rings. The molecule has 2 aliphatic heterocycles. The summed E-state index contributed by atoms with van der Waals surface area (Å²) in [5.74, 6) is -3.30. The van der Waals surface area contributed by atoms with E-state index in [1.54, 1.807) is 9.47 Å². The molecule has 0 unspecified atom stereocenters. The van der Waals surface area contributed by atoms with Crippen molar-refractivity contribution in [3.8, 4) is 5.75 Å². The van der Waals surface area contributed by atoms with Gasteiger partial charge in [0.15, 0.2) is 11.4 Å². The Morgan fingerprint density at radius 2 is 2.06 bits per heavy atom. The maximum Gasteiger partial charge on any atom is 0.274 e. The van der Waals surface area contributed by atoms with Crippen molar-refractivity contribution >= 4 is 23.4 Å². The summed E-state index contributed by atoms with van der Waals surface area (Å²) in [7, 11) is 1.26. The number of aromatic nitrogens is 1. The van der Waals surface area contributed by atoms with Crippen LogP contribution in [0.5, 0.6) is 5.75 Å². The second kappa shape index (κ2) is 9.71. The molecule has 2 aliphatic rings. The molecular formula is C23H24ClF2N3O5. The topological polar surface area (TPSA) is 89.9 Å². The minimum Gasteiger partial charge on any atom is -0.491 e. The van der Waals surface area contributed by atoms with Gasteiger partial charge < -0.3 is 24.3 Å². The number of methoxy groups -OCH3 is 1. The molecule has 2 atom stereocenters. The number of hydrogen-bond donors (Lipinski definition) is 1. The lowest BCUT2D eigenvalue weighted by Gasteiger charge is -2.42. The van der Waals surface area contributed by atoms with E-state index in [0.717, 1.165) is 18.6 Å². The molecule has 1 fully saturated rings. The largest absolute Gasteiger partial charge is 0.491 e. The number of fused-ring (bicyclic) bond motifs is 3. The van der Waals surface area contributed by atoms with Gasteiger partial charge in [0.2, 0.25) is 5.43 Å². The zero-order chi connectivity index (χ0) is 24.6. The van der Waals surface area contributed by atoms with Crippen LogP contribution in [0, 0.1) is 11.6 Å². The van der Waals surface area contributed by atoms with Gasteiger partial charge in [-0.1, -0.05) is 17.7 Å². The van der Waals surface area contributed by atoms with Crippen molar-refractivity contribution in [1.82, 2.24) is 14.8 Å². The number of rotatable bonds is 5. The molecule has 182 valence electrons. The van der Waals surface area contributed by atoms with Crippen molar-refractivity contribution in [3.63, 3.8) is 0 Å². The van der Waals surface area contributed by atoms with Crippen molar-refractivity contribution in [1.29, 1.82) is 0 Å². The predicted octanol–water partition coefficient (Wildman–Crippen LogP) is 2.91. The number of benzene rings is 1. The summed E-state index contributed by atoms with van der Waals surface area (Å²) in [5.41, 5.74) is -0.961. The van der Waals surface area contributed by atoms with E-state index in [-0.39, 0.29) is 47.1 Å². The van der Waals surface area contributed by atoms with Gasteiger partial charge in [0.25, 0.3) is 11.8 Å². The average Bonchev–Trinajstić information content (AvgIpc) is 3.08. The van der Waals surface area contributed by atoms with Crippen LogP contribution in [-0.2, 0) is 11.3 Å². The molecule has 1 N–H and O–H groups in total. The first-order chi connectivity index (χ1) is 16.3. The van der Waals surface area contributed by atoms with Gasteiger partial charge >= 0.3 is 0 Å². The Kier molecular flexibility index (Phi) is 6.90. The molecule has 2 amide bonds. The Hall–Kier alpha value is -2.98. The van der Waals surface area contributed by atoms with E-state index in [1.165, 1.54) is 13.3 Å². The molecule has 0 saturated carbocycles. The summed E-state index contributed by atoms with van der Waals surface area (Å²) in [6, 6.07) is 1.67. The second-order valence-electron chi connectivity index (χ2n) is 8.12. The van der Waals surface area contributed by atoms with Crippen LogP contribution in [0.3, 0.4) is 0 Å². The van der Waals surface area contributed by atoms with E-state index < -0.39 is 28.0 Å². The van der Waals surface area contributed by atoms with E-state index in [2.05, 4.69) is 5.32 Å². The number of carbonyl (C=O) groups excluding carboxylic acids is 2.